The van der Waals surface area contributed by atoms with Gasteiger partial charge in [0.05, 0.1) is 11.1 Å². The second-order valence-electron chi connectivity index (χ2n) is 5.81. The summed E-state index contributed by atoms with van der Waals surface area (Å²) < 4.78 is 11.9. The molecule has 128 valence electrons. The van der Waals surface area contributed by atoms with Gasteiger partial charge >= 0.3 is 0 Å². The number of carbonyl (C=O) groups excluding carboxylic acids is 1. The quantitative estimate of drug-likeness (QED) is 0.721. The SMILES string of the molecule is CCOc1cc(CNC2CCCCC2)cc(Br)c1OCC(N)=O. The predicted molar refractivity (Wildman–Crippen MR) is 93.7 cm³/mol. The second kappa shape index (κ2) is 9.13. The van der Waals surface area contributed by atoms with Crippen LogP contribution in [0.15, 0.2) is 16.6 Å². The molecular weight excluding hydrogens is 360 g/mol. The molecule has 1 aliphatic rings. The van der Waals surface area contributed by atoms with Crippen molar-refractivity contribution in [3.63, 3.8) is 0 Å². The van der Waals surface area contributed by atoms with E-state index in [2.05, 4.69) is 21.2 Å². The zero-order valence-electron chi connectivity index (χ0n) is 13.6. The number of nitrogens with one attached hydrogen (secondary N) is 1. The number of hydrogen-bond donors (Lipinski definition) is 2. The van der Waals surface area contributed by atoms with E-state index < -0.39 is 5.91 Å². The van der Waals surface area contributed by atoms with Crippen LogP contribution in [-0.4, -0.2) is 25.2 Å². The molecule has 1 aliphatic carbocycles. The first-order valence-electron chi connectivity index (χ1n) is 8.20. The summed E-state index contributed by atoms with van der Waals surface area (Å²) in [5, 5.41) is 3.61. The number of ether oxygens (including phenoxy) is 2. The summed E-state index contributed by atoms with van der Waals surface area (Å²) >= 11 is 3.50. The molecule has 3 N–H and O–H groups in total. The minimum Gasteiger partial charge on any atom is -0.490 e. The van der Waals surface area contributed by atoms with Crippen molar-refractivity contribution in [3.8, 4) is 11.5 Å². The number of amides is 1. The van der Waals surface area contributed by atoms with Crippen molar-refractivity contribution in [3.05, 3.63) is 22.2 Å². The molecule has 6 heteroatoms. The third kappa shape index (κ3) is 5.70. The van der Waals surface area contributed by atoms with Gasteiger partial charge in [0.25, 0.3) is 5.91 Å². The Balaban J connectivity index is 2.06. The van der Waals surface area contributed by atoms with E-state index in [1.807, 2.05) is 19.1 Å². The molecule has 23 heavy (non-hydrogen) atoms. The van der Waals surface area contributed by atoms with Gasteiger partial charge in [0.2, 0.25) is 0 Å². The zero-order valence-corrected chi connectivity index (χ0v) is 15.2. The number of hydrogen-bond acceptors (Lipinski definition) is 4. The molecule has 0 bridgehead atoms. The molecule has 0 radical (unpaired) electrons. The largest absolute Gasteiger partial charge is 0.490 e. The number of nitrogens with two attached hydrogens (primary N) is 1. The van der Waals surface area contributed by atoms with Gasteiger partial charge in [-0.15, -0.1) is 0 Å². The van der Waals surface area contributed by atoms with Gasteiger partial charge in [0.15, 0.2) is 18.1 Å². The molecule has 0 spiro atoms. The first kappa shape index (κ1) is 18.1. The van der Waals surface area contributed by atoms with Crippen LogP contribution in [0.2, 0.25) is 0 Å². The molecule has 1 aromatic rings. The van der Waals surface area contributed by atoms with E-state index in [1.165, 1.54) is 32.1 Å². The van der Waals surface area contributed by atoms with E-state index in [4.69, 9.17) is 15.2 Å². The first-order chi connectivity index (χ1) is 11.1. The van der Waals surface area contributed by atoms with Crippen molar-refractivity contribution >= 4 is 21.8 Å². The molecule has 1 fully saturated rings. The normalized spacial score (nSPS) is 15.4. The van der Waals surface area contributed by atoms with Crippen LogP contribution in [0.5, 0.6) is 11.5 Å². The average molecular weight is 385 g/mol. The first-order valence-corrected chi connectivity index (χ1v) is 8.99. The average Bonchev–Trinajstić information content (AvgIpc) is 2.53. The Morgan fingerprint density at radius 2 is 2.04 bits per heavy atom. The van der Waals surface area contributed by atoms with Crippen LogP contribution < -0.4 is 20.5 Å². The Morgan fingerprint density at radius 3 is 2.70 bits per heavy atom. The number of benzene rings is 1. The van der Waals surface area contributed by atoms with Crippen LogP contribution >= 0.6 is 15.9 Å². The fourth-order valence-corrected chi connectivity index (χ4v) is 3.44. The van der Waals surface area contributed by atoms with Crippen molar-refractivity contribution in [2.45, 2.75) is 51.6 Å². The molecule has 0 unspecified atom stereocenters. The molecule has 2 rings (SSSR count). The molecule has 1 aromatic carbocycles. The summed E-state index contributed by atoms with van der Waals surface area (Å²) in [6, 6.07) is 4.55. The zero-order chi connectivity index (χ0) is 16.7. The highest BCUT2D eigenvalue weighted by molar-refractivity contribution is 9.10. The predicted octanol–water partition coefficient (Wildman–Crippen LogP) is 3.13. The summed E-state index contributed by atoms with van der Waals surface area (Å²) in [7, 11) is 0. The fraction of sp³-hybridized carbons (Fsp3) is 0.588. The summed E-state index contributed by atoms with van der Waals surface area (Å²) in [5.41, 5.74) is 6.27. The minimum atomic E-state index is -0.512. The maximum atomic E-state index is 10.9. The Kier molecular flexibility index (Phi) is 7.17. The monoisotopic (exact) mass is 384 g/mol. The lowest BCUT2D eigenvalue weighted by Gasteiger charge is -2.23. The van der Waals surface area contributed by atoms with E-state index in [9.17, 15) is 4.79 Å². The number of carbonyl (C=O) groups is 1. The summed E-state index contributed by atoms with van der Waals surface area (Å²) in [6.45, 7) is 3.06. The van der Waals surface area contributed by atoms with Crippen molar-refractivity contribution in [2.24, 2.45) is 5.73 Å². The van der Waals surface area contributed by atoms with Gasteiger partial charge in [0, 0.05) is 12.6 Å². The molecule has 1 saturated carbocycles. The lowest BCUT2D eigenvalue weighted by molar-refractivity contribution is -0.119. The van der Waals surface area contributed by atoms with Crippen LogP contribution in [0.25, 0.3) is 0 Å². The van der Waals surface area contributed by atoms with Crippen LogP contribution in [0, 0.1) is 0 Å². The Hall–Kier alpha value is -1.27. The maximum absolute atomic E-state index is 10.9. The van der Waals surface area contributed by atoms with Crippen LogP contribution in [0.3, 0.4) is 0 Å². The topological polar surface area (TPSA) is 73.6 Å². The van der Waals surface area contributed by atoms with E-state index in [-0.39, 0.29) is 6.61 Å². The van der Waals surface area contributed by atoms with Crippen molar-refractivity contribution in [2.75, 3.05) is 13.2 Å². The number of halogens is 1. The summed E-state index contributed by atoms with van der Waals surface area (Å²) in [6.07, 6.45) is 6.47. The second-order valence-corrected chi connectivity index (χ2v) is 6.66. The summed E-state index contributed by atoms with van der Waals surface area (Å²) in [5.74, 6) is 0.637. The minimum absolute atomic E-state index is 0.168. The van der Waals surface area contributed by atoms with E-state index in [0.717, 1.165) is 16.6 Å². The molecule has 1 amide bonds. The Morgan fingerprint density at radius 1 is 1.30 bits per heavy atom. The van der Waals surface area contributed by atoms with Crippen LogP contribution in [0.4, 0.5) is 0 Å². The van der Waals surface area contributed by atoms with Crippen molar-refractivity contribution in [1.29, 1.82) is 0 Å². The van der Waals surface area contributed by atoms with Crippen molar-refractivity contribution < 1.29 is 14.3 Å². The smallest absolute Gasteiger partial charge is 0.255 e. The van der Waals surface area contributed by atoms with Gasteiger partial charge < -0.3 is 20.5 Å². The van der Waals surface area contributed by atoms with Crippen molar-refractivity contribution in [1.82, 2.24) is 5.32 Å². The van der Waals surface area contributed by atoms with Gasteiger partial charge in [0.1, 0.15) is 0 Å². The highest BCUT2D eigenvalue weighted by atomic mass is 79.9. The molecule has 0 aliphatic heterocycles. The Bertz CT molecular complexity index is 531. The lowest BCUT2D eigenvalue weighted by Crippen LogP contribution is -2.30. The van der Waals surface area contributed by atoms with E-state index >= 15 is 0 Å². The van der Waals surface area contributed by atoms with Gasteiger partial charge in [-0.1, -0.05) is 19.3 Å². The Labute approximate surface area is 146 Å². The third-order valence-corrected chi connectivity index (χ3v) is 4.52. The molecule has 0 heterocycles. The van der Waals surface area contributed by atoms with Gasteiger partial charge in [-0.25, -0.2) is 0 Å². The third-order valence-electron chi connectivity index (χ3n) is 3.93. The van der Waals surface area contributed by atoms with Gasteiger partial charge in [-0.2, -0.15) is 0 Å². The molecular formula is C17H25BrN2O3. The number of primary amides is 1. The van der Waals surface area contributed by atoms with Crippen LogP contribution in [-0.2, 0) is 11.3 Å². The van der Waals surface area contributed by atoms with E-state index in [0.29, 0.717) is 24.1 Å². The van der Waals surface area contributed by atoms with Gasteiger partial charge in [-0.05, 0) is 53.4 Å². The summed E-state index contributed by atoms with van der Waals surface area (Å²) in [4.78, 5) is 10.9. The van der Waals surface area contributed by atoms with Gasteiger partial charge in [-0.3, -0.25) is 4.79 Å². The molecule has 0 aromatic heterocycles. The standard InChI is InChI=1S/C17H25BrN2O3/c1-2-22-15-9-12(10-20-13-6-4-3-5-7-13)8-14(18)17(15)23-11-16(19)21/h8-9,13,20H,2-7,10-11H2,1H3,(H2,19,21). The van der Waals surface area contributed by atoms with E-state index in [1.54, 1.807) is 0 Å². The fourth-order valence-electron chi connectivity index (χ4n) is 2.84. The highest BCUT2D eigenvalue weighted by Crippen LogP contribution is 2.37. The molecule has 5 nitrogen and oxygen atoms in total. The molecule has 0 atom stereocenters. The maximum Gasteiger partial charge on any atom is 0.255 e. The van der Waals surface area contributed by atoms with Crippen LogP contribution in [0.1, 0.15) is 44.6 Å². The lowest BCUT2D eigenvalue weighted by atomic mass is 9.95. The highest BCUT2D eigenvalue weighted by Gasteiger charge is 2.16. The number of rotatable bonds is 8. The molecule has 0 saturated heterocycles.